The maximum Gasteiger partial charge on any atom is 0.261 e. The van der Waals surface area contributed by atoms with E-state index in [-0.39, 0.29) is 35.3 Å². The molecule has 2 aromatic carbocycles. The van der Waals surface area contributed by atoms with Crippen LogP contribution in [0.2, 0.25) is 0 Å². The number of halogens is 1. The minimum absolute atomic E-state index is 0.00911. The van der Waals surface area contributed by atoms with Crippen LogP contribution in [0.4, 0.5) is 5.69 Å². The van der Waals surface area contributed by atoms with Crippen molar-refractivity contribution in [2.45, 2.75) is 46.6 Å². The first-order valence-electron chi connectivity index (χ1n) is 12.9. The molecule has 0 aromatic heterocycles. The molecule has 0 radical (unpaired) electrons. The maximum atomic E-state index is 13.5. The fourth-order valence-electron chi connectivity index (χ4n) is 4.95. The van der Waals surface area contributed by atoms with Crippen LogP contribution >= 0.6 is 23.3 Å². The molecule has 12 heteroatoms. The fraction of sp³-hybridized carbons (Fsp3) is 0.481. The molecule has 5 N–H and O–H groups in total. The van der Waals surface area contributed by atoms with E-state index >= 15 is 0 Å². The second-order valence-corrected chi connectivity index (χ2v) is 14.1. The summed E-state index contributed by atoms with van der Waals surface area (Å²) in [7, 11) is -2.75. The Morgan fingerprint density at radius 2 is 1.67 bits per heavy atom. The van der Waals surface area contributed by atoms with Crippen molar-refractivity contribution in [3.05, 3.63) is 39.9 Å². The molecule has 3 rings (SSSR count). The molecule has 0 aliphatic carbocycles. The Hall–Kier alpha value is -2.75. The number of benzene rings is 2. The van der Waals surface area contributed by atoms with E-state index in [0.29, 0.717) is 27.4 Å². The summed E-state index contributed by atoms with van der Waals surface area (Å²) in [5.41, 5.74) is 6.93. The quantitative estimate of drug-likeness (QED) is 0.168. The maximum absolute atomic E-state index is 13.5. The molecule has 10 nitrogen and oxygen atoms in total. The van der Waals surface area contributed by atoms with Gasteiger partial charge in [0.15, 0.2) is 0 Å². The zero-order valence-electron chi connectivity index (χ0n) is 22.8. The summed E-state index contributed by atoms with van der Waals surface area (Å²) in [5, 5.41) is 6.22. The van der Waals surface area contributed by atoms with E-state index in [2.05, 4.69) is 26.6 Å². The molecule has 0 spiro atoms. The number of carbonyl (C=O) groups excluding carboxylic acids is 4. The average molecular weight is 623 g/mol. The normalized spacial score (nSPS) is 16.4. The van der Waals surface area contributed by atoms with Crippen LogP contribution in [0.5, 0.6) is 0 Å². The Bertz CT molecular complexity index is 1360. The highest BCUT2D eigenvalue weighted by molar-refractivity contribution is 9.10. The fourth-order valence-corrected chi connectivity index (χ4v) is 7.21. The number of rotatable bonds is 11. The largest absolute Gasteiger partial charge is 0.397 e. The molecule has 0 saturated heterocycles. The second kappa shape index (κ2) is 12.2. The molecule has 2 aromatic rings. The lowest BCUT2D eigenvalue weighted by Gasteiger charge is -2.30. The molecule has 0 bridgehead atoms. The average Bonchev–Trinajstić information content (AvgIpc) is 2.85. The van der Waals surface area contributed by atoms with Crippen molar-refractivity contribution in [2.75, 3.05) is 25.2 Å². The summed E-state index contributed by atoms with van der Waals surface area (Å²) >= 11 is 3.34. The minimum atomic E-state index is -4.23. The third-order valence-corrected chi connectivity index (χ3v) is 9.08. The lowest BCUT2D eigenvalue weighted by molar-refractivity contribution is -0.131. The van der Waals surface area contributed by atoms with Gasteiger partial charge in [0.1, 0.15) is 12.3 Å². The lowest BCUT2D eigenvalue weighted by Crippen LogP contribution is -2.49. The Kier molecular flexibility index (Phi) is 9.62. The Morgan fingerprint density at radius 1 is 1.05 bits per heavy atom. The van der Waals surface area contributed by atoms with Gasteiger partial charge in [-0.25, -0.2) is 0 Å². The van der Waals surface area contributed by atoms with Gasteiger partial charge in [0.25, 0.3) is 11.8 Å². The number of imide groups is 1. The number of anilines is 1. The highest BCUT2D eigenvalue weighted by Crippen LogP contribution is 2.46. The van der Waals surface area contributed by atoms with Crippen LogP contribution in [0.3, 0.4) is 0 Å². The number of hydrogen-bond donors (Lipinski definition) is 4. The third kappa shape index (κ3) is 6.88. The molecule has 0 fully saturated rings. The van der Waals surface area contributed by atoms with E-state index in [4.69, 9.17) is 5.73 Å². The number of hydrogen-bond acceptors (Lipinski definition) is 6. The summed E-state index contributed by atoms with van der Waals surface area (Å²) < 4.78 is 14.0. The van der Waals surface area contributed by atoms with Crippen LogP contribution in [0.25, 0.3) is 10.8 Å². The topological polar surface area (TPSA) is 159 Å². The van der Waals surface area contributed by atoms with Crippen molar-refractivity contribution in [1.29, 1.82) is 0 Å². The van der Waals surface area contributed by atoms with Crippen LogP contribution in [0.1, 0.15) is 61.3 Å². The van der Waals surface area contributed by atoms with Gasteiger partial charge in [0.05, 0.1) is 5.69 Å². The molecule has 39 heavy (non-hydrogen) atoms. The number of nitrogen functional groups attached to an aromatic ring is 1. The van der Waals surface area contributed by atoms with Gasteiger partial charge in [-0.2, -0.15) is 0 Å². The number of nitrogens with two attached hydrogens (primary N) is 1. The number of nitrogens with zero attached hydrogens (tertiary/aromatic N) is 1. The molecule has 4 amide bonds. The smallest absolute Gasteiger partial charge is 0.261 e. The van der Waals surface area contributed by atoms with E-state index in [9.17, 15) is 28.6 Å². The number of carbonyl (C=O) groups is 4. The van der Waals surface area contributed by atoms with Gasteiger partial charge in [-0.05, 0) is 52.7 Å². The minimum Gasteiger partial charge on any atom is -0.397 e. The van der Waals surface area contributed by atoms with Crippen LogP contribution in [-0.2, 0) is 14.2 Å². The molecule has 3 atom stereocenters. The van der Waals surface area contributed by atoms with Gasteiger partial charge in [0.2, 0.25) is 19.2 Å². The second-order valence-electron chi connectivity index (χ2n) is 10.9. The highest BCUT2D eigenvalue weighted by atomic mass is 79.9. The van der Waals surface area contributed by atoms with Gasteiger partial charge in [-0.15, -0.1) is 0 Å². The van der Waals surface area contributed by atoms with Gasteiger partial charge >= 0.3 is 0 Å². The lowest BCUT2D eigenvalue weighted by atomic mass is 9.93. The molecule has 1 aliphatic heterocycles. The monoisotopic (exact) mass is 622 g/mol. The predicted octanol–water partition coefficient (Wildman–Crippen LogP) is 3.95. The van der Waals surface area contributed by atoms with Crippen LogP contribution in [0, 0.1) is 17.8 Å². The van der Waals surface area contributed by atoms with Crippen molar-refractivity contribution in [1.82, 2.24) is 15.5 Å². The van der Waals surface area contributed by atoms with Crippen LogP contribution in [-0.4, -0.2) is 59.0 Å². The van der Waals surface area contributed by atoms with Crippen molar-refractivity contribution in [3.63, 3.8) is 0 Å². The van der Waals surface area contributed by atoms with E-state index in [1.165, 1.54) is 13.1 Å². The van der Waals surface area contributed by atoms with Crippen LogP contribution < -0.4 is 16.4 Å². The van der Waals surface area contributed by atoms with Gasteiger partial charge < -0.3 is 21.3 Å². The standard InChI is InChI=1S/C27H36BrN4O6P/c1-14(2)9-16(24(33)31-21(10-15(3)4)25(34)30-5)12-39(37,38)13-32-26(35)18-8-6-7-17-22(18)19(27(32)36)11-20(28)23(17)29/h6-8,11,14-16,21H,9-10,12-13,29H2,1-5H3,(H,30,34)(H,31,33)(H,37,38)/t16?,21-/m0/s1. The Labute approximate surface area is 236 Å². The van der Waals surface area contributed by atoms with E-state index in [1.807, 2.05) is 27.7 Å². The molecule has 2 unspecified atom stereocenters. The molecule has 1 heterocycles. The highest BCUT2D eigenvalue weighted by Gasteiger charge is 2.40. The summed E-state index contributed by atoms with van der Waals surface area (Å²) in [5.74, 6) is -3.04. The summed E-state index contributed by atoms with van der Waals surface area (Å²) in [4.78, 5) is 64.1. The summed E-state index contributed by atoms with van der Waals surface area (Å²) in [6.07, 6.45) is -0.499. The Morgan fingerprint density at radius 3 is 2.26 bits per heavy atom. The third-order valence-electron chi connectivity index (χ3n) is 6.68. The number of amides is 4. The first-order valence-corrected chi connectivity index (χ1v) is 15.7. The first-order chi connectivity index (χ1) is 18.2. The van der Waals surface area contributed by atoms with E-state index < -0.39 is 49.5 Å². The predicted molar refractivity (Wildman–Crippen MR) is 155 cm³/mol. The molecular weight excluding hydrogens is 587 g/mol. The molecule has 0 saturated carbocycles. The zero-order valence-corrected chi connectivity index (χ0v) is 25.3. The van der Waals surface area contributed by atoms with Gasteiger partial charge in [-0.1, -0.05) is 39.8 Å². The Balaban J connectivity index is 1.87. The van der Waals surface area contributed by atoms with Crippen molar-refractivity contribution < 1.29 is 28.6 Å². The van der Waals surface area contributed by atoms with Crippen molar-refractivity contribution in [2.24, 2.45) is 17.8 Å². The first kappa shape index (κ1) is 30.8. The number of likely N-dealkylation sites (N-methyl/N-ethyl adjacent to an activating group) is 1. The summed E-state index contributed by atoms with van der Waals surface area (Å²) in [6, 6.07) is 5.61. The molecule has 212 valence electrons. The van der Waals surface area contributed by atoms with Gasteiger partial charge in [-0.3, -0.25) is 28.6 Å². The zero-order chi connectivity index (χ0) is 29.2. The van der Waals surface area contributed by atoms with Crippen molar-refractivity contribution in [3.8, 4) is 0 Å². The van der Waals surface area contributed by atoms with Gasteiger partial charge in [0, 0.05) is 45.5 Å². The van der Waals surface area contributed by atoms with E-state index in [0.717, 1.165) is 4.90 Å². The van der Waals surface area contributed by atoms with E-state index in [1.54, 1.807) is 18.2 Å². The molecular formula is C27H36BrN4O6P. The summed E-state index contributed by atoms with van der Waals surface area (Å²) in [6.45, 7) is 7.61. The van der Waals surface area contributed by atoms with Crippen LogP contribution in [0.15, 0.2) is 28.7 Å². The number of nitrogens with one attached hydrogen (secondary N) is 2. The van der Waals surface area contributed by atoms with Crippen molar-refractivity contribution >= 4 is 63.4 Å². The SMILES string of the molecule is CNC(=O)[C@H](CC(C)C)NC(=O)C(CC(C)C)CP(=O)(O)CN1C(=O)c2cccc3c(N)c(Br)cc(c23)C1=O. The molecule has 1 aliphatic rings.